The van der Waals surface area contributed by atoms with Crippen LogP contribution < -0.4 is 0 Å². The minimum atomic E-state index is -3.14. The predicted octanol–water partition coefficient (Wildman–Crippen LogP) is 4.86. The van der Waals surface area contributed by atoms with Gasteiger partial charge in [0.1, 0.15) is 0 Å². The van der Waals surface area contributed by atoms with Crippen LogP contribution in [-0.4, -0.2) is 14.2 Å². The molecule has 0 unspecified atom stereocenters. The van der Waals surface area contributed by atoms with Crippen molar-refractivity contribution in [3.05, 3.63) is 30.3 Å². The molecule has 4 heteroatoms. The van der Waals surface area contributed by atoms with E-state index in [1.165, 1.54) is 32.1 Å². The van der Waals surface area contributed by atoms with Crippen LogP contribution in [0.1, 0.15) is 51.9 Å². The minimum Gasteiger partial charge on any atom is -0.212 e. The molecular formula is C15H24O2S2. The molecule has 1 aromatic rings. The van der Waals surface area contributed by atoms with Crippen LogP contribution in [0.4, 0.5) is 0 Å². The van der Waals surface area contributed by atoms with Crippen LogP contribution in [0.3, 0.4) is 0 Å². The van der Waals surface area contributed by atoms with Gasteiger partial charge in [-0.2, -0.15) is 0 Å². The van der Waals surface area contributed by atoms with Crippen molar-refractivity contribution in [2.24, 2.45) is 0 Å². The molecule has 0 heterocycles. The number of hydrogen-bond acceptors (Lipinski definition) is 3. The van der Waals surface area contributed by atoms with Crippen molar-refractivity contribution in [3.8, 4) is 0 Å². The highest BCUT2D eigenvalue weighted by molar-refractivity contribution is 8.72. The summed E-state index contributed by atoms with van der Waals surface area (Å²) in [5, 5.41) is 0. The molecule has 19 heavy (non-hydrogen) atoms. The molecular weight excluding hydrogens is 276 g/mol. The molecule has 2 nitrogen and oxygen atoms in total. The quantitative estimate of drug-likeness (QED) is 0.457. The molecule has 0 saturated heterocycles. The smallest absolute Gasteiger partial charge is 0.212 e. The first-order valence-corrected chi connectivity index (χ1v) is 10.1. The van der Waals surface area contributed by atoms with Gasteiger partial charge in [-0.15, -0.1) is 0 Å². The zero-order chi connectivity index (χ0) is 14.0. The summed E-state index contributed by atoms with van der Waals surface area (Å²) in [5.74, 6) is 0.699. The van der Waals surface area contributed by atoms with Crippen molar-refractivity contribution in [2.75, 3.05) is 5.75 Å². The maximum Gasteiger partial charge on any atom is 0.229 e. The lowest BCUT2D eigenvalue weighted by molar-refractivity contribution is 0.602. The van der Waals surface area contributed by atoms with E-state index in [4.69, 9.17) is 0 Å². The third-order valence-corrected chi connectivity index (χ3v) is 6.64. The molecule has 0 fully saturated rings. The molecule has 1 rings (SSSR count). The monoisotopic (exact) mass is 300 g/mol. The standard InChI is InChI=1S/C15H24O2S2/c1-2-3-4-5-6-7-11-14-18-19(16,17)15-12-9-8-10-13-15/h8-10,12-13H,2-7,11,14H2,1H3. The first-order valence-electron chi connectivity index (χ1n) is 7.11. The van der Waals surface area contributed by atoms with Crippen molar-refractivity contribution < 1.29 is 8.42 Å². The maximum absolute atomic E-state index is 12.0. The van der Waals surface area contributed by atoms with Crippen molar-refractivity contribution in [1.29, 1.82) is 0 Å². The Kier molecular flexibility index (Phi) is 8.22. The van der Waals surface area contributed by atoms with Gasteiger partial charge in [0, 0.05) is 5.75 Å². The first kappa shape index (κ1) is 16.6. The summed E-state index contributed by atoms with van der Waals surface area (Å²) in [6.45, 7) is 2.21. The van der Waals surface area contributed by atoms with E-state index in [0.29, 0.717) is 10.6 Å². The van der Waals surface area contributed by atoms with Gasteiger partial charge in [0.25, 0.3) is 0 Å². The first-order chi connectivity index (χ1) is 9.17. The molecule has 0 aliphatic rings. The molecule has 0 N–H and O–H groups in total. The third kappa shape index (κ3) is 7.02. The molecule has 0 aliphatic heterocycles. The Balaban J connectivity index is 2.15. The van der Waals surface area contributed by atoms with E-state index in [0.717, 1.165) is 23.6 Å². The Bertz CT molecular complexity index is 427. The summed E-state index contributed by atoms with van der Waals surface area (Å²) in [6, 6.07) is 8.68. The average Bonchev–Trinajstić information content (AvgIpc) is 2.43. The lowest BCUT2D eigenvalue weighted by atomic mass is 10.1. The fourth-order valence-electron chi connectivity index (χ4n) is 1.88. The normalized spacial score (nSPS) is 11.6. The summed E-state index contributed by atoms with van der Waals surface area (Å²) < 4.78 is 23.9. The van der Waals surface area contributed by atoms with Crippen molar-refractivity contribution in [3.63, 3.8) is 0 Å². The van der Waals surface area contributed by atoms with E-state index in [2.05, 4.69) is 6.92 Å². The summed E-state index contributed by atoms with van der Waals surface area (Å²) in [5.41, 5.74) is 0. The molecule has 0 amide bonds. The highest BCUT2D eigenvalue weighted by Gasteiger charge is 2.13. The molecule has 0 atom stereocenters. The molecule has 0 spiro atoms. The van der Waals surface area contributed by atoms with Gasteiger partial charge in [-0.25, -0.2) is 8.42 Å². The Morgan fingerprint density at radius 3 is 2.11 bits per heavy atom. The van der Waals surface area contributed by atoms with Crippen molar-refractivity contribution in [2.45, 2.75) is 56.8 Å². The van der Waals surface area contributed by atoms with Crippen LogP contribution in [0.15, 0.2) is 35.2 Å². The fourth-order valence-corrected chi connectivity index (χ4v) is 4.80. The summed E-state index contributed by atoms with van der Waals surface area (Å²) in [4.78, 5) is 0.419. The van der Waals surface area contributed by atoms with E-state index in [-0.39, 0.29) is 0 Å². The van der Waals surface area contributed by atoms with Gasteiger partial charge in [-0.05, 0) is 29.3 Å². The molecule has 0 aliphatic carbocycles. The molecule has 108 valence electrons. The predicted molar refractivity (Wildman–Crippen MR) is 84.1 cm³/mol. The van der Waals surface area contributed by atoms with Crippen LogP contribution in [0, 0.1) is 0 Å². The summed E-state index contributed by atoms with van der Waals surface area (Å²) in [7, 11) is -2.07. The van der Waals surface area contributed by atoms with Crippen molar-refractivity contribution >= 4 is 19.7 Å². The highest BCUT2D eigenvalue weighted by Crippen LogP contribution is 2.24. The second kappa shape index (κ2) is 9.43. The summed E-state index contributed by atoms with van der Waals surface area (Å²) in [6.07, 6.45) is 8.54. The number of rotatable bonds is 10. The van der Waals surface area contributed by atoms with E-state index in [1.54, 1.807) is 24.3 Å². The number of benzene rings is 1. The zero-order valence-corrected chi connectivity index (χ0v) is 13.3. The van der Waals surface area contributed by atoms with Crippen LogP contribution in [-0.2, 0) is 8.87 Å². The molecule has 0 saturated carbocycles. The van der Waals surface area contributed by atoms with E-state index >= 15 is 0 Å². The SMILES string of the molecule is CCCCCCCCCSS(=O)(=O)c1ccccc1. The Morgan fingerprint density at radius 2 is 1.47 bits per heavy atom. The summed E-state index contributed by atoms with van der Waals surface area (Å²) >= 11 is 0. The van der Waals surface area contributed by atoms with Gasteiger partial charge < -0.3 is 0 Å². The second-order valence-electron chi connectivity index (χ2n) is 4.71. The molecule has 0 bridgehead atoms. The Labute approximate surface area is 121 Å². The largest absolute Gasteiger partial charge is 0.229 e. The number of hydrogen-bond donors (Lipinski definition) is 0. The van der Waals surface area contributed by atoms with Crippen LogP contribution in [0.5, 0.6) is 0 Å². The highest BCUT2D eigenvalue weighted by atomic mass is 33.1. The number of unbranched alkanes of at least 4 members (excludes halogenated alkanes) is 6. The molecule has 1 aromatic carbocycles. The van der Waals surface area contributed by atoms with E-state index < -0.39 is 8.87 Å². The Morgan fingerprint density at radius 1 is 0.895 bits per heavy atom. The maximum atomic E-state index is 12.0. The second-order valence-corrected chi connectivity index (χ2v) is 8.76. The van der Waals surface area contributed by atoms with Gasteiger partial charge in [-0.1, -0.05) is 63.6 Å². The lowest BCUT2D eigenvalue weighted by Crippen LogP contribution is -1.96. The van der Waals surface area contributed by atoms with E-state index in [1.807, 2.05) is 6.07 Å². The van der Waals surface area contributed by atoms with Gasteiger partial charge in [0.15, 0.2) is 0 Å². The van der Waals surface area contributed by atoms with Crippen LogP contribution in [0.2, 0.25) is 0 Å². The lowest BCUT2D eigenvalue weighted by Gasteiger charge is -2.04. The zero-order valence-electron chi connectivity index (χ0n) is 11.7. The van der Waals surface area contributed by atoms with Crippen molar-refractivity contribution in [1.82, 2.24) is 0 Å². The van der Waals surface area contributed by atoms with Gasteiger partial charge in [-0.3, -0.25) is 0 Å². The molecule has 0 aromatic heterocycles. The van der Waals surface area contributed by atoms with E-state index in [9.17, 15) is 8.42 Å². The van der Waals surface area contributed by atoms with Gasteiger partial charge in [0.05, 0.1) is 4.90 Å². The van der Waals surface area contributed by atoms with Crippen LogP contribution >= 0.6 is 10.8 Å². The minimum absolute atomic E-state index is 0.419. The average molecular weight is 300 g/mol. The topological polar surface area (TPSA) is 34.1 Å². The Hall–Kier alpha value is -0.480. The third-order valence-electron chi connectivity index (χ3n) is 3.02. The van der Waals surface area contributed by atoms with Gasteiger partial charge >= 0.3 is 0 Å². The fraction of sp³-hybridized carbons (Fsp3) is 0.600. The van der Waals surface area contributed by atoms with Gasteiger partial charge in [0.2, 0.25) is 8.87 Å². The van der Waals surface area contributed by atoms with Crippen LogP contribution in [0.25, 0.3) is 0 Å². The molecule has 0 radical (unpaired) electrons.